The van der Waals surface area contributed by atoms with Crippen LogP contribution in [0, 0.1) is 5.92 Å². The maximum atomic E-state index is 12.3. The fraction of sp³-hybridized carbons (Fsp3) is 0.533. The summed E-state index contributed by atoms with van der Waals surface area (Å²) in [6.07, 6.45) is 3.17. The number of rotatable bonds is 4. The fourth-order valence-corrected chi connectivity index (χ4v) is 2.75. The molecule has 5 heteroatoms. The van der Waals surface area contributed by atoms with Crippen LogP contribution in [0.15, 0.2) is 18.2 Å². The van der Waals surface area contributed by atoms with Crippen molar-refractivity contribution in [1.29, 1.82) is 0 Å². The normalized spacial score (nSPS) is 16.1. The zero-order valence-electron chi connectivity index (χ0n) is 11.6. The lowest BCUT2D eigenvalue weighted by Crippen LogP contribution is -2.30. The van der Waals surface area contributed by atoms with Crippen molar-refractivity contribution >= 4 is 29.1 Å². The van der Waals surface area contributed by atoms with Crippen molar-refractivity contribution in [2.45, 2.75) is 19.3 Å². The number of benzene rings is 1. The van der Waals surface area contributed by atoms with Gasteiger partial charge in [0.25, 0.3) is 5.91 Å². The van der Waals surface area contributed by atoms with E-state index in [1.807, 2.05) is 0 Å². The smallest absolute Gasteiger partial charge is 0.255 e. The molecule has 2 rings (SSSR count). The Morgan fingerprint density at radius 2 is 2.05 bits per heavy atom. The molecule has 0 saturated carbocycles. The van der Waals surface area contributed by atoms with E-state index in [9.17, 15) is 4.79 Å². The number of halogens is 2. The van der Waals surface area contributed by atoms with E-state index in [0.717, 1.165) is 39.0 Å². The summed E-state index contributed by atoms with van der Waals surface area (Å²) in [5, 5.41) is 0.966. The van der Waals surface area contributed by atoms with E-state index in [1.165, 1.54) is 0 Å². The van der Waals surface area contributed by atoms with Gasteiger partial charge in [-0.3, -0.25) is 4.79 Å². The van der Waals surface area contributed by atoms with Crippen LogP contribution in [0.2, 0.25) is 10.0 Å². The summed E-state index contributed by atoms with van der Waals surface area (Å²) in [5.74, 6) is 0.568. The zero-order chi connectivity index (χ0) is 14.5. The molecule has 1 aliphatic rings. The van der Waals surface area contributed by atoms with Gasteiger partial charge in [0.1, 0.15) is 0 Å². The maximum absolute atomic E-state index is 12.3. The Bertz CT molecular complexity index is 473. The standard InChI is InChI=1S/C15H19Cl2NO2/c1-18(7-4-11-5-8-20-9-6-11)15(19)13-10-12(16)2-3-14(13)17/h2-3,10-11H,4-9H2,1H3. The molecule has 110 valence electrons. The molecule has 0 unspecified atom stereocenters. The van der Waals surface area contributed by atoms with Crippen molar-refractivity contribution in [2.24, 2.45) is 5.92 Å². The molecule has 0 aliphatic carbocycles. The first-order valence-electron chi connectivity index (χ1n) is 6.86. The molecule has 0 spiro atoms. The van der Waals surface area contributed by atoms with Crippen molar-refractivity contribution in [3.63, 3.8) is 0 Å². The summed E-state index contributed by atoms with van der Waals surface area (Å²) in [6, 6.07) is 4.96. The van der Waals surface area contributed by atoms with Crippen LogP contribution >= 0.6 is 23.2 Å². The monoisotopic (exact) mass is 315 g/mol. The Labute approximate surface area is 129 Å². The number of carbonyl (C=O) groups is 1. The van der Waals surface area contributed by atoms with Gasteiger partial charge in [0.2, 0.25) is 0 Å². The largest absolute Gasteiger partial charge is 0.381 e. The lowest BCUT2D eigenvalue weighted by atomic mass is 9.96. The molecule has 0 N–H and O–H groups in total. The summed E-state index contributed by atoms with van der Waals surface area (Å²) in [4.78, 5) is 14.1. The molecule has 1 heterocycles. The molecular formula is C15H19Cl2NO2. The minimum Gasteiger partial charge on any atom is -0.381 e. The summed E-state index contributed by atoms with van der Waals surface area (Å²) in [6.45, 7) is 2.40. The Balaban J connectivity index is 1.92. The van der Waals surface area contributed by atoms with Gasteiger partial charge in [0.05, 0.1) is 10.6 Å². The zero-order valence-corrected chi connectivity index (χ0v) is 13.1. The van der Waals surface area contributed by atoms with Crippen molar-refractivity contribution in [2.75, 3.05) is 26.8 Å². The highest BCUT2D eigenvalue weighted by Crippen LogP contribution is 2.23. The predicted octanol–water partition coefficient (Wildman–Crippen LogP) is 3.88. The second-order valence-electron chi connectivity index (χ2n) is 5.20. The lowest BCUT2D eigenvalue weighted by Gasteiger charge is -2.25. The van der Waals surface area contributed by atoms with Gasteiger partial charge < -0.3 is 9.64 Å². The number of nitrogens with zero attached hydrogens (tertiary/aromatic N) is 1. The van der Waals surface area contributed by atoms with Crippen molar-refractivity contribution < 1.29 is 9.53 Å². The third-order valence-electron chi connectivity index (χ3n) is 3.72. The van der Waals surface area contributed by atoms with Crippen LogP contribution < -0.4 is 0 Å². The van der Waals surface area contributed by atoms with Crippen molar-refractivity contribution in [3.8, 4) is 0 Å². The van der Waals surface area contributed by atoms with E-state index in [0.29, 0.717) is 21.5 Å². The van der Waals surface area contributed by atoms with E-state index in [2.05, 4.69) is 0 Å². The second-order valence-corrected chi connectivity index (χ2v) is 6.04. The van der Waals surface area contributed by atoms with E-state index in [-0.39, 0.29) is 5.91 Å². The number of ether oxygens (including phenoxy) is 1. The third-order valence-corrected chi connectivity index (χ3v) is 4.28. The molecule has 1 aromatic rings. The molecule has 0 bridgehead atoms. The molecule has 3 nitrogen and oxygen atoms in total. The lowest BCUT2D eigenvalue weighted by molar-refractivity contribution is 0.0583. The molecule has 1 aromatic carbocycles. The maximum Gasteiger partial charge on any atom is 0.255 e. The summed E-state index contributed by atoms with van der Waals surface area (Å²) in [5.41, 5.74) is 0.466. The number of amides is 1. The van der Waals surface area contributed by atoms with Gasteiger partial charge >= 0.3 is 0 Å². The number of hydrogen-bond acceptors (Lipinski definition) is 2. The van der Waals surface area contributed by atoms with Crippen LogP contribution in [0.1, 0.15) is 29.6 Å². The Morgan fingerprint density at radius 1 is 1.35 bits per heavy atom. The van der Waals surface area contributed by atoms with Gasteiger partial charge in [0, 0.05) is 31.8 Å². The quantitative estimate of drug-likeness (QED) is 0.843. The molecule has 1 saturated heterocycles. The highest BCUT2D eigenvalue weighted by Gasteiger charge is 2.18. The van der Waals surface area contributed by atoms with Crippen LogP contribution in [-0.2, 0) is 4.74 Å². The summed E-state index contributed by atoms with van der Waals surface area (Å²) < 4.78 is 5.34. The first kappa shape index (κ1) is 15.6. The Morgan fingerprint density at radius 3 is 2.75 bits per heavy atom. The van der Waals surface area contributed by atoms with Crippen molar-refractivity contribution in [3.05, 3.63) is 33.8 Å². The Hall–Kier alpha value is -0.770. The average Bonchev–Trinajstić information content (AvgIpc) is 2.47. The van der Waals surface area contributed by atoms with Crippen LogP contribution in [-0.4, -0.2) is 37.6 Å². The van der Waals surface area contributed by atoms with E-state index >= 15 is 0 Å². The van der Waals surface area contributed by atoms with Crippen molar-refractivity contribution in [1.82, 2.24) is 4.90 Å². The molecule has 1 amide bonds. The molecule has 0 radical (unpaired) electrons. The SMILES string of the molecule is CN(CCC1CCOCC1)C(=O)c1cc(Cl)ccc1Cl. The first-order chi connectivity index (χ1) is 9.58. The molecule has 1 aliphatic heterocycles. The molecule has 0 atom stereocenters. The van der Waals surface area contributed by atoms with Gasteiger partial charge in [-0.2, -0.15) is 0 Å². The molecule has 20 heavy (non-hydrogen) atoms. The van der Waals surface area contributed by atoms with Gasteiger partial charge in [-0.25, -0.2) is 0 Å². The van der Waals surface area contributed by atoms with Gasteiger partial charge in [-0.15, -0.1) is 0 Å². The number of carbonyl (C=O) groups excluding carboxylic acids is 1. The minimum atomic E-state index is -0.0791. The minimum absolute atomic E-state index is 0.0791. The topological polar surface area (TPSA) is 29.5 Å². The first-order valence-corrected chi connectivity index (χ1v) is 7.62. The van der Waals surface area contributed by atoms with Gasteiger partial charge in [-0.1, -0.05) is 23.2 Å². The van der Waals surface area contributed by atoms with Crippen LogP contribution in [0.25, 0.3) is 0 Å². The number of hydrogen-bond donors (Lipinski definition) is 0. The Kier molecular flexibility index (Phi) is 5.70. The molecule has 1 fully saturated rings. The third kappa shape index (κ3) is 4.11. The summed E-state index contributed by atoms with van der Waals surface area (Å²) in [7, 11) is 1.80. The van der Waals surface area contributed by atoms with Gasteiger partial charge in [-0.05, 0) is 43.4 Å². The highest BCUT2D eigenvalue weighted by molar-refractivity contribution is 6.35. The van der Waals surface area contributed by atoms with E-state index in [4.69, 9.17) is 27.9 Å². The average molecular weight is 316 g/mol. The highest BCUT2D eigenvalue weighted by atomic mass is 35.5. The van der Waals surface area contributed by atoms with Crippen LogP contribution in [0.3, 0.4) is 0 Å². The van der Waals surface area contributed by atoms with Gasteiger partial charge in [0.15, 0.2) is 0 Å². The van der Waals surface area contributed by atoms with Crippen LogP contribution in [0.5, 0.6) is 0 Å². The van der Waals surface area contributed by atoms with E-state index < -0.39 is 0 Å². The van der Waals surface area contributed by atoms with E-state index in [1.54, 1.807) is 30.1 Å². The summed E-state index contributed by atoms with van der Waals surface area (Å²) >= 11 is 12.0. The fourth-order valence-electron chi connectivity index (χ4n) is 2.38. The molecule has 0 aromatic heterocycles. The predicted molar refractivity (Wildman–Crippen MR) is 81.6 cm³/mol. The second kappa shape index (κ2) is 7.30. The molecular weight excluding hydrogens is 297 g/mol. The van der Waals surface area contributed by atoms with Crippen LogP contribution in [0.4, 0.5) is 0 Å².